The van der Waals surface area contributed by atoms with Crippen LogP contribution < -0.4 is 5.32 Å². The van der Waals surface area contributed by atoms with Crippen LogP contribution in [0.1, 0.15) is 33.1 Å². The summed E-state index contributed by atoms with van der Waals surface area (Å²) in [6.07, 6.45) is 0. The van der Waals surface area contributed by atoms with Gasteiger partial charge in [-0.25, -0.2) is 0 Å². The Morgan fingerprint density at radius 2 is 1.96 bits per heavy atom. The van der Waals surface area contributed by atoms with Crippen LogP contribution in [-0.4, -0.2) is 34.6 Å². The summed E-state index contributed by atoms with van der Waals surface area (Å²) in [7, 11) is 1.66. The van der Waals surface area contributed by atoms with Crippen molar-refractivity contribution in [1.82, 2.24) is 20.3 Å². The molecule has 7 heteroatoms. The van der Waals surface area contributed by atoms with E-state index in [1.807, 2.05) is 49.7 Å². The predicted octanol–water partition coefficient (Wildman–Crippen LogP) is 3.04. The van der Waals surface area contributed by atoms with Crippen LogP contribution in [0, 0.1) is 20.8 Å². The highest BCUT2D eigenvalue weighted by Gasteiger charge is 2.16. The molecule has 0 fully saturated rings. The normalized spacial score (nSPS) is 11.0. The number of carbonyl (C=O) groups excluding carboxylic acids is 1. The van der Waals surface area contributed by atoms with Crippen molar-refractivity contribution in [3.63, 3.8) is 0 Å². The lowest BCUT2D eigenvalue weighted by molar-refractivity contribution is 0.0914. The quantitative estimate of drug-likeness (QED) is 0.693. The third kappa shape index (κ3) is 4.25. The van der Waals surface area contributed by atoms with E-state index in [0.717, 1.165) is 28.1 Å². The number of benzene rings is 1. The van der Waals surface area contributed by atoms with Gasteiger partial charge in [-0.05, 0) is 20.8 Å². The Labute approximate surface area is 158 Å². The zero-order valence-corrected chi connectivity index (χ0v) is 16.1. The van der Waals surface area contributed by atoms with Crippen molar-refractivity contribution >= 4 is 5.91 Å². The summed E-state index contributed by atoms with van der Waals surface area (Å²) in [5.74, 6) is -0.114. The van der Waals surface area contributed by atoms with Gasteiger partial charge in [0.15, 0.2) is 0 Å². The number of nitrogens with zero attached hydrogens (tertiary/aromatic N) is 3. The summed E-state index contributed by atoms with van der Waals surface area (Å²) >= 11 is 0. The SMILES string of the molecule is COCCn1nc(C)c(CNC(=O)c2cc(-c3ccc(C)cc3)no2)c1C. The Bertz CT molecular complexity index is 925. The highest BCUT2D eigenvalue weighted by Crippen LogP contribution is 2.20. The predicted molar refractivity (Wildman–Crippen MR) is 101 cm³/mol. The maximum Gasteiger partial charge on any atom is 0.290 e. The summed E-state index contributed by atoms with van der Waals surface area (Å²) in [5.41, 5.74) is 5.62. The fourth-order valence-electron chi connectivity index (χ4n) is 2.88. The molecule has 0 atom stereocenters. The van der Waals surface area contributed by atoms with E-state index in [0.29, 0.717) is 25.4 Å². The molecule has 0 aliphatic rings. The summed E-state index contributed by atoms with van der Waals surface area (Å²) in [4.78, 5) is 12.4. The van der Waals surface area contributed by atoms with Crippen LogP contribution in [0.25, 0.3) is 11.3 Å². The Morgan fingerprint density at radius 3 is 2.67 bits per heavy atom. The van der Waals surface area contributed by atoms with Gasteiger partial charge in [0.1, 0.15) is 5.69 Å². The largest absolute Gasteiger partial charge is 0.383 e. The lowest BCUT2D eigenvalue weighted by atomic mass is 10.1. The molecule has 0 bridgehead atoms. The van der Waals surface area contributed by atoms with Crippen LogP contribution in [0.2, 0.25) is 0 Å². The Balaban J connectivity index is 1.66. The fourth-order valence-corrected chi connectivity index (χ4v) is 2.88. The molecule has 2 aromatic heterocycles. The van der Waals surface area contributed by atoms with Crippen LogP contribution >= 0.6 is 0 Å². The van der Waals surface area contributed by atoms with Crippen molar-refractivity contribution in [1.29, 1.82) is 0 Å². The molecule has 142 valence electrons. The molecular weight excluding hydrogens is 344 g/mol. The number of carbonyl (C=O) groups is 1. The molecule has 1 amide bonds. The van der Waals surface area contributed by atoms with E-state index in [1.165, 1.54) is 0 Å². The third-order valence-electron chi connectivity index (χ3n) is 4.55. The maximum absolute atomic E-state index is 12.4. The smallest absolute Gasteiger partial charge is 0.290 e. The molecule has 3 aromatic rings. The van der Waals surface area contributed by atoms with Gasteiger partial charge in [0.25, 0.3) is 5.91 Å². The Morgan fingerprint density at radius 1 is 1.22 bits per heavy atom. The minimum Gasteiger partial charge on any atom is -0.383 e. The number of nitrogens with one attached hydrogen (secondary N) is 1. The summed E-state index contributed by atoms with van der Waals surface area (Å²) in [6, 6.07) is 9.56. The number of aryl methyl sites for hydroxylation is 2. The molecular formula is C20H24N4O3. The second kappa shape index (κ2) is 8.18. The van der Waals surface area contributed by atoms with Crippen LogP contribution in [0.5, 0.6) is 0 Å². The number of amides is 1. The molecule has 0 unspecified atom stereocenters. The van der Waals surface area contributed by atoms with Gasteiger partial charge in [-0.1, -0.05) is 35.0 Å². The zero-order valence-electron chi connectivity index (χ0n) is 16.1. The van der Waals surface area contributed by atoms with Gasteiger partial charge < -0.3 is 14.6 Å². The van der Waals surface area contributed by atoms with Gasteiger partial charge in [0.2, 0.25) is 5.76 Å². The first kappa shape index (κ1) is 18.8. The number of hydrogen-bond donors (Lipinski definition) is 1. The number of ether oxygens (including phenoxy) is 1. The topological polar surface area (TPSA) is 82.2 Å². The van der Waals surface area contributed by atoms with Crippen molar-refractivity contribution in [2.45, 2.75) is 33.9 Å². The zero-order chi connectivity index (χ0) is 19.4. The number of hydrogen-bond acceptors (Lipinski definition) is 5. The fraction of sp³-hybridized carbons (Fsp3) is 0.350. The molecule has 0 spiro atoms. The van der Waals surface area contributed by atoms with Crippen molar-refractivity contribution in [3.8, 4) is 11.3 Å². The van der Waals surface area contributed by atoms with Crippen LogP contribution in [0.15, 0.2) is 34.9 Å². The number of rotatable bonds is 7. The van der Waals surface area contributed by atoms with E-state index in [-0.39, 0.29) is 11.7 Å². The average molecular weight is 368 g/mol. The molecule has 1 aromatic carbocycles. The summed E-state index contributed by atoms with van der Waals surface area (Å²) in [5, 5.41) is 11.4. The van der Waals surface area contributed by atoms with Crippen molar-refractivity contribution in [3.05, 3.63) is 58.6 Å². The molecule has 3 rings (SSSR count). The Kier molecular flexibility index (Phi) is 5.71. The maximum atomic E-state index is 12.4. The summed E-state index contributed by atoms with van der Waals surface area (Å²) in [6.45, 7) is 7.59. The monoisotopic (exact) mass is 368 g/mol. The molecule has 0 saturated carbocycles. The van der Waals surface area contributed by atoms with E-state index >= 15 is 0 Å². The van der Waals surface area contributed by atoms with Gasteiger partial charge in [-0.2, -0.15) is 5.10 Å². The molecule has 7 nitrogen and oxygen atoms in total. The molecule has 27 heavy (non-hydrogen) atoms. The highest BCUT2D eigenvalue weighted by atomic mass is 16.5. The molecule has 0 saturated heterocycles. The van der Waals surface area contributed by atoms with E-state index in [2.05, 4.69) is 15.6 Å². The first-order valence-electron chi connectivity index (χ1n) is 8.83. The third-order valence-corrected chi connectivity index (χ3v) is 4.55. The van der Waals surface area contributed by atoms with Crippen LogP contribution in [0.3, 0.4) is 0 Å². The van der Waals surface area contributed by atoms with E-state index < -0.39 is 0 Å². The van der Waals surface area contributed by atoms with E-state index in [4.69, 9.17) is 9.26 Å². The van der Waals surface area contributed by atoms with E-state index in [1.54, 1.807) is 13.2 Å². The lowest BCUT2D eigenvalue weighted by Gasteiger charge is -2.05. The molecule has 2 heterocycles. The van der Waals surface area contributed by atoms with Crippen LogP contribution in [0.4, 0.5) is 0 Å². The van der Waals surface area contributed by atoms with Gasteiger partial charge in [0, 0.05) is 36.5 Å². The molecule has 0 aliphatic heterocycles. The second-order valence-electron chi connectivity index (χ2n) is 6.49. The Hall–Kier alpha value is -2.93. The first-order valence-corrected chi connectivity index (χ1v) is 8.83. The van der Waals surface area contributed by atoms with Gasteiger partial charge in [-0.3, -0.25) is 9.48 Å². The van der Waals surface area contributed by atoms with E-state index in [9.17, 15) is 4.79 Å². The highest BCUT2D eigenvalue weighted by molar-refractivity contribution is 5.92. The molecule has 0 aliphatic carbocycles. The van der Waals surface area contributed by atoms with Crippen molar-refractivity contribution < 1.29 is 14.1 Å². The number of aromatic nitrogens is 3. The second-order valence-corrected chi connectivity index (χ2v) is 6.49. The average Bonchev–Trinajstić information content (AvgIpc) is 3.24. The van der Waals surface area contributed by atoms with Crippen molar-refractivity contribution in [2.24, 2.45) is 0 Å². The number of methoxy groups -OCH3 is 1. The lowest BCUT2D eigenvalue weighted by Crippen LogP contribution is -2.23. The molecule has 0 radical (unpaired) electrons. The van der Waals surface area contributed by atoms with Gasteiger partial charge in [0.05, 0.1) is 18.8 Å². The van der Waals surface area contributed by atoms with Gasteiger partial charge in [-0.15, -0.1) is 0 Å². The van der Waals surface area contributed by atoms with Crippen LogP contribution in [-0.2, 0) is 17.8 Å². The minimum absolute atomic E-state index is 0.188. The summed E-state index contributed by atoms with van der Waals surface area (Å²) < 4.78 is 12.2. The van der Waals surface area contributed by atoms with Crippen molar-refractivity contribution in [2.75, 3.05) is 13.7 Å². The minimum atomic E-state index is -0.302. The standard InChI is InChI=1S/C20H24N4O3/c1-13-5-7-16(8-6-13)18-11-19(27-23-18)20(25)21-12-17-14(2)22-24(15(17)3)9-10-26-4/h5-8,11H,9-10,12H2,1-4H3,(H,21,25). The van der Waals surface area contributed by atoms with Gasteiger partial charge >= 0.3 is 0 Å². The first-order chi connectivity index (χ1) is 13.0. The molecule has 1 N–H and O–H groups in total.